The minimum absolute atomic E-state index is 0.571. The number of benzene rings is 2. The van der Waals surface area contributed by atoms with Crippen LogP contribution >= 0.6 is 12.2 Å². The van der Waals surface area contributed by atoms with Crippen LogP contribution in [0.5, 0.6) is 11.5 Å². The average molecular weight is 400 g/mol. The molecule has 1 aliphatic heterocycles. The fraction of sp³-hybridized carbons (Fsp3) is 0.409. The zero-order valence-electron chi connectivity index (χ0n) is 16.8. The quantitative estimate of drug-likeness (QED) is 0.701. The molecule has 0 unspecified atom stereocenters. The molecule has 0 aromatic heterocycles. The highest BCUT2D eigenvalue weighted by Crippen LogP contribution is 2.29. The van der Waals surface area contributed by atoms with E-state index in [0.29, 0.717) is 23.2 Å². The van der Waals surface area contributed by atoms with Crippen LogP contribution in [0.15, 0.2) is 42.5 Å². The van der Waals surface area contributed by atoms with Crippen LogP contribution in [0.3, 0.4) is 0 Å². The van der Waals surface area contributed by atoms with E-state index in [1.165, 1.54) is 24.1 Å². The molecule has 1 aliphatic rings. The molecule has 2 N–H and O–H groups in total. The number of rotatable bonds is 6. The first-order chi connectivity index (χ1) is 13.6. The Bertz CT molecular complexity index is 795. The van der Waals surface area contributed by atoms with Gasteiger partial charge in [-0.2, -0.15) is 0 Å². The van der Waals surface area contributed by atoms with Crippen LogP contribution in [0.4, 0.5) is 11.4 Å². The lowest BCUT2D eigenvalue weighted by atomic mass is 9.99. The van der Waals surface area contributed by atoms with Gasteiger partial charge in [0.25, 0.3) is 0 Å². The second-order valence-electron chi connectivity index (χ2n) is 7.24. The maximum Gasteiger partial charge on any atom is 0.171 e. The van der Waals surface area contributed by atoms with Crippen LogP contribution in [0.2, 0.25) is 0 Å². The third-order valence-corrected chi connectivity index (χ3v) is 5.30. The summed E-state index contributed by atoms with van der Waals surface area (Å²) in [7, 11) is 3.24. The van der Waals surface area contributed by atoms with E-state index in [1.54, 1.807) is 14.2 Å². The molecule has 3 rings (SSSR count). The van der Waals surface area contributed by atoms with Crippen molar-refractivity contribution >= 4 is 28.7 Å². The molecule has 0 amide bonds. The minimum atomic E-state index is 0.571. The average Bonchev–Trinajstić information content (AvgIpc) is 2.72. The lowest BCUT2D eigenvalue weighted by molar-refractivity contribution is 0.355. The van der Waals surface area contributed by atoms with Gasteiger partial charge in [0.05, 0.1) is 14.2 Å². The number of nitrogens with zero attached hydrogens (tertiary/aromatic N) is 1. The third kappa shape index (κ3) is 5.29. The molecule has 2 aromatic rings. The van der Waals surface area contributed by atoms with E-state index in [0.717, 1.165) is 24.7 Å². The van der Waals surface area contributed by atoms with Crippen molar-refractivity contribution in [3.05, 3.63) is 48.0 Å². The number of thiocarbonyl (C=S) groups is 1. The molecule has 1 atom stereocenters. The fourth-order valence-corrected chi connectivity index (χ4v) is 3.71. The standard InChI is InChI=1S/C22H29N3O2S/c1-16-5-4-12-25(15-16)19-9-6-17(7-10-19)14-23-22(28)24-18-8-11-20(26-2)21(13-18)27-3/h6-11,13,16H,4-5,12,14-15H2,1-3H3,(H2,23,24,28)/t16-/m0/s1. The Morgan fingerprint density at radius 2 is 1.86 bits per heavy atom. The molecule has 1 heterocycles. The topological polar surface area (TPSA) is 45.8 Å². The summed E-state index contributed by atoms with van der Waals surface area (Å²) in [5.41, 5.74) is 3.36. The van der Waals surface area contributed by atoms with Crippen molar-refractivity contribution in [2.24, 2.45) is 5.92 Å². The minimum Gasteiger partial charge on any atom is -0.493 e. The molecule has 2 aromatic carbocycles. The molecule has 0 spiro atoms. The molecule has 1 saturated heterocycles. The number of anilines is 2. The SMILES string of the molecule is COc1ccc(NC(=S)NCc2ccc(N3CCC[C@H](C)C3)cc2)cc1OC. The summed E-state index contributed by atoms with van der Waals surface area (Å²) in [6, 6.07) is 14.4. The van der Waals surface area contributed by atoms with E-state index in [9.17, 15) is 0 Å². The lowest BCUT2D eigenvalue weighted by Crippen LogP contribution is -2.34. The molecule has 1 fully saturated rings. The largest absolute Gasteiger partial charge is 0.493 e. The Balaban J connectivity index is 1.52. The van der Waals surface area contributed by atoms with E-state index >= 15 is 0 Å². The van der Waals surface area contributed by atoms with Gasteiger partial charge in [0.15, 0.2) is 16.6 Å². The molecule has 0 saturated carbocycles. The van der Waals surface area contributed by atoms with Gasteiger partial charge in [0, 0.05) is 37.1 Å². The Morgan fingerprint density at radius 1 is 1.11 bits per heavy atom. The summed E-state index contributed by atoms with van der Waals surface area (Å²) in [6.07, 6.45) is 2.61. The van der Waals surface area contributed by atoms with Crippen molar-refractivity contribution in [1.82, 2.24) is 5.32 Å². The van der Waals surface area contributed by atoms with Gasteiger partial charge in [-0.05, 0) is 60.8 Å². The van der Waals surface area contributed by atoms with Crippen molar-refractivity contribution in [2.75, 3.05) is 37.5 Å². The molecule has 150 valence electrons. The van der Waals surface area contributed by atoms with Crippen LogP contribution in [0, 0.1) is 5.92 Å². The molecule has 0 bridgehead atoms. The molecule has 0 radical (unpaired) electrons. The number of hydrogen-bond donors (Lipinski definition) is 2. The normalized spacial score (nSPS) is 16.4. The van der Waals surface area contributed by atoms with E-state index in [4.69, 9.17) is 21.7 Å². The van der Waals surface area contributed by atoms with Crippen molar-refractivity contribution in [1.29, 1.82) is 0 Å². The molecule has 5 nitrogen and oxygen atoms in total. The summed E-state index contributed by atoms with van der Waals surface area (Å²) in [5.74, 6) is 2.13. The zero-order valence-corrected chi connectivity index (χ0v) is 17.6. The van der Waals surface area contributed by atoms with Crippen LogP contribution in [-0.2, 0) is 6.54 Å². The maximum atomic E-state index is 5.41. The van der Waals surface area contributed by atoms with Gasteiger partial charge >= 0.3 is 0 Å². The van der Waals surface area contributed by atoms with Crippen LogP contribution in [0.1, 0.15) is 25.3 Å². The second kappa shape index (κ2) is 9.64. The van der Waals surface area contributed by atoms with E-state index in [2.05, 4.69) is 46.7 Å². The highest BCUT2D eigenvalue weighted by molar-refractivity contribution is 7.80. The first-order valence-corrected chi connectivity index (χ1v) is 10.1. The second-order valence-corrected chi connectivity index (χ2v) is 7.65. The Labute approximate surface area is 173 Å². The van der Waals surface area contributed by atoms with Crippen molar-refractivity contribution < 1.29 is 9.47 Å². The third-order valence-electron chi connectivity index (χ3n) is 5.05. The van der Waals surface area contributed by atoms with E-state index < -0.39 is 0 Å². The van der Waals surface area contributed by atoms with Crippen LogP contribution in [-0.4, -0.2) is 32.4 Å². The highest BCUT2D eigenvalue weighted by Gasteiger charge is 2.16. The Morgan fingerprint density at radius 3 is 2.54 bits per heavy atom. The molecular weight excluding hydrogens is 370 g/mol. The van der Waals surface area contributed by atoms with E-state index in [1.807, 2.05) is 18.2 Å². The summed E-state index contributed by atoms with van der Waals surface area (Å²) in [5, 5.41) is 7.01. The van der Waals surface area contributed by atoms with Crippen molar-refractivity contribution in [3.8, 4) is 11.5 Å². The summed E-state index contributed by atoms with van der Waals surface area (Å²) in [6.45, 7) is 5.31. The van der Waals surface area contributed by atoms with Gasteiger partial charge in [-0.25, -0.2) is 0 Å². The van der Waals surface area contributed by atoms with Crippen LogP contribution in [0.25, 0.3) is 0 Å². The first kappa shape index (κ1) is 20.3. The monoisotopic (exact) mass is 399 g/mol. The lowest BCUT2D eigenvalue weighted by Gasteiger charge is -2.32. The summed E-state index contributed by atoms with van der Waals surface area (Å²) >= 11 is 5.41. The number of nitrogens with one attached hydrogen (secondary N) is 2. The summed E-state index contributed by atoms with van der Waals surface area (Å²) in [4.78, 5) is 2.48. The van der Waals surface area contributed by atoms with Gasteiger partial charge in [0.1, 0.15) is 0 Å². The van der Waals surface area contributed by atoms with E-state index in [-0.39, 0.29) is 0 Å². The number of ether oxygens (including phenoxy) is 2. The maximum absolute atomic E-state index is 5.41. The molecular formula is C22H29N3O2S. The number of hydrogen-bond acceptors (Lipinski definition) is 4. The van der Waals surface area contributed by atoms with Crippen molar-refractivity contribution in [3.63, 3.8) is 0 Å². The fourth-order valence-electron chi connectivity index (χ4n) is 3.52. The molecule has 6 heteroatoms. The Kier molecular flexibility index (Phi) is 6.98. The van der Waals surface area contributed by atoms with Gasteiger partial charge < -0.3 is 25.0 Å². The van der Waals surface area contributed by atoms with Gasteiger partial charge in [-0.15, -0.1) is 0 Å². The van der Waals surface area contributed by atoms with Gasteiger partial charge in [0.2, 0.25) is 0 Å². The Hall–Kier alpha value is -2.47. The smallest absolute Gasteiger partial charge is 0.171 e. The number of methoxy groups -OCH3 is 2. The van der Waals surface area contributed by atoms with Crippen LogP contribution < -0.4 is 25.0 Å². The first-order valence-electron chi connectivity index (χ1n) is 9.70. The van der Waals surface area contributed by atoms with Gasteiger partial charge in [-0.1, -0.05) is 19.1 Å². The predicted molar refractivity (Wildman–Crippen MR) is 120 cm³/mol. The zero-order chi connectivity index (χ0) is 19.9. The molecule has 28 heavy (non-hydrogen) atoms. The van der Waals surface area contributed by atoms with Gasteiger partial charge in [-0.3, -0.25) is 0 Å². The summed E-state index contributed by atoms with van der Waals surface area (Å²) < 4.78 is 10.6. The molecule has 0 aliphatic carbocycles. The van der Waals surface area contributed by atoms with Crippen molar-refractivity contribution in [2.45, 2.75) is 26.3 Å². The predicted octanol–water partition coefficient (Wildman–Crippen LogP) is 4.43. The highest BCUT2D eigenvalue weighted by atomic mass is 32.1. The number of piperidine rings is 1.